The fraction of sp³-hybridized carbons (Fsp3) is 0.276. The predicted octanol–water partition coefficient (Wildman–Crippen LogP) is 7.38. The SMILES string of the molecule is O=C(CN1C(=O)SC(=Cc2cc(Br)c(OCc3cccc4ccccc34)c(Br)c2)C1=O)N1CCCCCC1. The van der Waals surface area contributed by atoms with Crippen LogP contribution < -0.4 is 4.74 Å². The number of benzene rings is 3. The summed E-state index contributed by atoms with van der Waals surface area (Å²) in [5.74, 6) is 0.0339. The van der Waals surface area contributed by atoms with Gasteiger partial charge in [-0.3, -0.25) is 19.3 Å². The highest BCUT2D eigenvalue weighted by molar-refractivity contribution is 9.11. The van der Waals surface area contributed by atoms with Gasteiger partial charge in [-0.05, 0) is 96.6 Å². The molecule has 0 saturated carbocycles. The van der Waals surface area contributed by atoms with Crippen LogP contribution in [0, 0.1) is 0 Å². The molecule has 2 heterocycles. The number of imide groups is 1. The summed E-state index contributed by atoms with van der Waals surface area (Å²) in [6.45, 7) is 1.54. The lowest BCUT2D eigenvalue weighted by Crippen LogP contribution is -2.42. The maximum atomic E-state index is 13.0. The Morgan fingerprint density at radius 2 is 1.63 bits per heavy atom. The van der Waals surface area contributed by atoms with Gasteiger partial charge in [0.05, 0.1) is 13.9 Å². The molecule has 2 saturated heterocycles. The number of nitrogens with zero attached hydrogens (tertiary/aromatic N) is 2. The molecule has 0 aliphatic carbocycles. The molecule has 5 rings (SSSR count). The molecular weight excluding hydrogens is 632 g/mol. The number of carbonyl (C=O) groups is 3. The summed E-state index contributed by atoms with van der Waals surface area (Å²) in [6, 6.07) is 18.0. The zero-order chi connectivity index (χ0) is 26.6. The van der Waals surface area contributed by atoms with Gasteiger partial charge in [-0.2, -0.15) is 0 Å². The minimum Gasteiger partial charge on any atom is -0.487 e. The van der Waals surface area contributed by atoms with Crippen molar-refractivity contribution in [1.82, 2.24) is 9.80 Å². The molecule has 196 valence electrons. The summed E-state index contributed by atoms with van der Waals surface area (Å²) in [5, 5.41) is 1.88. The van der Waals surface area contributed by atoms with Crippen molar-refractivity contribution in [3.8, 4) is 5.75 Å². The molecule has 2 fully saturated rings. The third-order valence-corrected chi connectivity index (χ3v) is 8.78. The van der Waals surface area contributed by atoms with Gasteiger partial charge >= 0.3 is 0 Å². The average molecular weight is 658 g/mol. The van der Waals surface area contributed by atoms with Gasteiger partial charge in [-0.1, -0.05) is 55.3 Å². The van der Waals surface area contributed by atoms with Gasteiger partial charge in [0.25, 0.3) is 11.1 Å². The summed E-state index contributed by atoms with van der Waals surface area (Å²) in [5.41, 5.74) is 1.81. The predicted molar refractivity (Wildman–Crippen MR) is 158 cm³/mol. The summed E-state index contributed by atoms with van der Waals surface area (Å²) >= 11 is 8.04. The molecule has 0 unspecified atom stereocenters. The second-order valence-electron chi connectivity index (χ2n) is 9.30. The first-order valence-corrected chi connectivity index (χ1v) is 14.9. The molecule has 6 nitrogen and oxygen atoms in total. The van der Waals surface area contributed by atoms with Crippen molar-refractivity contribution in [2.75, 3.05) is 19.6 Å². The highest BCUT2D eigenvalue weighted by Crippen LogP contribution is 2.38. The molecule has 3 aromatic carbocycles. The van der Waals surface area contributed by atoms with Gasteiger partial charge in [-0.25, -0.2) is 0 Å². The maximum Gasteiger partial charge on any atom is 0.294 e. The van der Waals surface area contributed by atoms with Crippen LogP contribution in [0.2, 0.25) is 0 Å². The van der Waals surface area contributed by atoms with Crippen LogP contribution >= 0.6 is 43.6 Å². The Hall–Kier alpha value is -2.62. The van der Waals surface area contributed by atoms with Crippen molar-refractivity contribution in [2.24, 2.45) is 0 Å². The molecule has 0 N–H and O–H groups in total. The van der Waals surface area contributed by atoms with Gasteiger partial charge in [0.2, 0.25) is 5.91 Å². The molecule has 0 spiro atoms. The molecule has 9 heteroatoms. The number of amides is 3. The Morgan fingerprint density at radius 1 is 0.947 bits per heavy atom. The summed E-state index contributed by atoms with van der Waals surface area (Å²) < 4.78 is 7.59. The van der Waals surface area contributed by atoms with Crippen molar-refractivity contribution in [2.45, 2.75) is 32.3 Å². The van der Waals surface area contributed by atoms with E-state index in [0.29, 0.717) is 39.3 Å². The number of rotatable bonds is 6. The zero-order valence-corrected chi connectivity index (χ0v) is 24.6. The number of thioether (sulfide) groups is 1. The van der Waals surface area contributed by atoms with E-state index in [-0.39, 0.29) is 12.5 Å². The first-order valence-electron chi connectivity index (χ1n) is 12.5. The van der Waals surface area contributed by atoms with E-state index in [4.69, 9.17) is 4.74 Å². The summed E-state index contributed by atoms with van der Waals surface area (Å²) in [6.07, 6.45) is 5.79. The first kappa shape index (κ1) is 27.0. The Labute approximate surface area is 242 Å². The van der Waals surface area contributed by atoms with Crippen LogP contribution in [0.25, 0.3) is 16.8 Å². The molecule has 0 atom stereocenters. The van der Waals surface area contributed by atoms with Crippen LogP contribution in [0.3, 0.4) is 0 Å². The van der Waals surface area contributed by atoms with Crippen LogP contribution in [0.15, 0.2) is 68.4 Å². The topological polar surface area (TPSA) is 66.9 Å². The smallest absolute Gasteiger partial charge is 0.294 e. The highest BCUT2D eigenvalue weighted by atomic mass is 79.9. The van der Waals surface area contributed by atoms with E-state index in [2.05, 4.69) is 50.1 Å². The van der Waals surface area contributed by atoms with E-state index in [1.54, 1.807) is 11.0 Å². The van der Waals surface area contributed by atoms with E-state index in [9.17, 15) is 14.4 Å². The van der Waals surface area contributed by atoms with Crippen molar-refractivity contribution in [3.05, 3.63) is 79.6 Å². The molecule has 2 aliphatic rings. The lowest BCUT2D eigenvalue weighted by Gasteiger charge is -2.22. The van der Waals surface area contributed by atoms with E-state index < -0.39 is 11.1 Å². The molecule has 2 aliphatic heterocycles. The second kappa shape index (κ2) is 12.1. The van der Waals surface area contributed by atoms with Crippen LogP contribution in [0.4, 0.5) is 4.79 Å². The van der Waals surface area contributed by atoms with Gasteiger partial charge in [-0.15, -0.1) is 0 Å². The van der Waals surface area contributed by atoms with Crippen LogP contribution in [-0.4, -0.2) is 46.5 Å². The monoisotopic (exact) mass is 656 g/mol. The number of hydrogen-bond acceptors (Lipinski definition) is 5. The lowest BCUT2D eigenvalue weighted by molar-refractivity contribution is -0.135. The van der Waals surface area contributed by atoms with Gasteiger partial charge in [0, 0.05) is 13.1 Å². The van der Waals surface area contributed by atoms with E-state index >= 15 is 0 Å². The number of hydrogen-bond donors (Lipinski definition) is 0. The Kier molecular flexibility index (Phi) is 8.55. The molecular formula is C29H26Br2N2O4S. The van der Waals surface area contributed by atoms with Crippen LogP contribution in [-0.2, 0) is 16.2 Å². The van der Waals surface area contributed by atoms with E-state index in [0.717, 1.165) is 64.2 Å². The third kappa shape index (κ3) is 6.00. The largest absolute Gasteiger partial charge is 0.487 e. The number of fused-ring (bicyclic) bond motifs is 1. The quantitative estimate of drug-likeness (QED) is 0.259. The van der Waals surface area contributed by atoms with Crippen molar-refractivity contribution < 1.29 is 19.1 Å². The van der Waals surface area contributed by atoms with Gasteiger partial charge < -0.3 is 9.64 Å². The lowest BCUT2D eigenvalue weighted by atomic mass is 10.1. The fourth-order valence-electron chi connectivity index (χ4n) is 4.71. The van der Waals surface area contributed by atoms with Crippen LogP contribution in [0.1, 0.15) is 36.8 Å². The number of ether oxygens (including phenoxy) is 1. The first-order chi connectivity index (χ1) is 18.4. The zero-order valence-electron chi connectivity index (χ0n) is 20.6. The summed E-state index contributed by atoms with van der Waals surface area (Å²) in [4.78, 5) is 41.5. The van der Waals surface area contributed by atoms with Gasteiger partial charge in [0.1, 0.15) is 18.9 Å². The van der Waals surface area contributed by atoms with Crippen molar-refractivity contribution in [3.63, 3.8) is 0 Å². The van der Waals surface area contributed by atoms with Gasteiger partial charge in [0.15, 0.2) is 0 Å². The van der Waals surface area contributed by atoms with Crippen molar-refractivity contribution >= 4 is 77.5 Å². The van der Waals surface area contributed by atoms with E-state index in [1.165, 1.54) is 0 Å². The van der Waals surface area contributed by atoms with Crippen LogP contribution in [0.5, 0.6) is 5.75 Å². The van der Waals surface area contributed by atoms with Crippen molar-refractivity contribution in [1.29, 1.82) is 0 Å². The normalized spacial score (nSPS) is 17.4. The minimum atomic E-state index is -0.438. The average Bonchev–Trinajstić information content (AvgIpc) is 3.09. The second-order valence-corrected chi connectivity index (χ2v) is 12.0. The highest BCUT2D eigenvalue weighted by Gasteiger charge is 2.37. The third-order valence-electron chi connectivity index (χ3n) is 6.70. The Balaban J connectivity index is 1.28. The molecule has 0 radical (unpaired) electrons. The number of halogens is 2. The molecule has 0 bridgehead atoms. The number of likely N-dealkylation sites (tertiary alicyclic amines) is 1. The maximum absolute atomic E-state index is 13.0. The Bertz CT molecular complexity index is 1400. The summed E-state index contributed by atoms with van der Waals surface area (Å²) in [7, 11) is 0. The standard InChI is InChI=1S/C29H26Br2N2O4S/c30-23-14-19(15-24(31)27(23)37-18-21-10-7-9-20-8-3-4-11-22(20)21)16-25-28(35)33(29(36)38-25)17-26(34)32-12-5-1-2-6-13-32/h3-4,7-11,14-16H,1-2,5-6,12-13,17-18H2. The Morgan fingerprint density at radius 3 is 2.37 bits per heavy atom. The molecule has 3 aromatic rings. The molecule has 0 aromatic heterocycles. The molecule has 38 heavy (non-hydrogen) atoms. The number of carbonyl (C=O) groups excluding carboxylic acids is 3. The molecule has 3 amide bonds. The van der Waals surface area contributed by atoms with E-state index in [1.807, 2.05) is 36.4 Å². The minimum absolute atomic E-state index is 0.173. The fourth-order valence-corrected chi connectivity index (χ4v) is 7.00.